The zero-order valence-corrected chi connectivity index (χ0v) is 15.9. The van der Waals surface area contributed by atoms with E-state index in [1.54, 1.807) is 19.1 Å². The van der Waals surface area contributed by atoms with Gasteiger partial charge in [-0.15, -0.1) is 0 Å². The van der Waals surface area contributed by atoms with Gasteiger partial charge in [0.2, 0.25) is 5.95 Å². The zero-order chi connectivity index (χ0) is 21.0. The van der Waals surface area contributed by atoms with E-state index in [2.05, 4.69) is 20.1 Å². The van der Waals surface area contributed by atoms with Gasteiger partial charge in [-0.25, -0.2) is 14.4 Å². The summed E-state index contributed by atoms with van der Waals surface area (Å²) in [6.07, 6.45) is 2.17. The average molecular weight is 405 g/mol. The van der Waals surface area contributed by atoms with E-state index in [-0.39, 0.29) is 40.8 Å². The number of Topliss-reactive ketones (excluding diaryl/α,β-unsaturated/α-hetero) is 1. The minimum Gasteiger partial charge on any atom is -0.294 e. The van der Waals surface area contributed by atoms with Crippen LogP contribution in [0.25, 0.3) is 17.0 Å². The zero-order valence-electron chi connectivity index (χ0n) is 15.9. The first kappa shape index (κ1) is 18.2. The number of aromatic amines is 2. The van der Waals surface area contributed by atoms with Crippen LogP contribution in [0.4, 0.5) is 4.39 Å². The summed E-state index contributed by atoms with van der Waals surface area (Å²) in [5.74, 6) is -0.583. The second-order valence-electron chi connectivity index (χ2n) is 7.42. The molecule has 1 aliphatic carbocycles. The molecule has 3 heterocycles. The van der Waals surface area contributed by atoms with Gasteiger partial charge in [0, 0.05) is 29.9 Å². The third-order valence-electron chi connectivity index (χ3n) is 5.41. The average Bonchev–Trinajstić information content (AvgIpc) is 3.05. The van der Waals surface area contributed by atoms with Gasteiger partial charge in [0.15, 0.2) is 11.4 Å². The third kappa shape index (κ3) is 2.86. The molecule has 150 valence electrons. The summed E-state index contributed by atoms with van der Waals surface area (Å²) in [5.41, 5.74) is 1.77. The molecule has 9 heteroatoms. The van der Waals surface area contributed by atoms with Crippen LogP contribution in [-0.2, 0) is 6.42 Å². The fourth-order valence-electron chi connectivity index (χ4n) is 4.03. The van der Waals surface area contributed by atoms with Crippen molar-refractivity contribution < 1.29 is 9.18 Å². The maximum Gasteiger partial charge on any atom is 0.283 e. The highest BCUT2D eigenvalue weighted by Gasteiger charge is 2.30. The number of ketones is 1. The molecule has 0 saturated carbocycles. The monoisotopic (exact) mass is 405 g/mol. The molecule has 1 aromatic carbocycles. The van der Waals surface area contributed by atoms with E-state index in [9.17, 15) is 18.8 Å². The molecule has 1 aliphatic rings. The van der Waals surface area contributed by atoms with Crippen molar-refractivity contribution in [1.82, 2.24) is 24.7 Å². The first-order valence-corrected chi connectivity index (χ1v) is 9.40. The first-order valence-electron chi connectivity index (χ1n) is 9.40. The van der Waals surface area contributed by atoms with Crippen molar-refractivity contribution >= 4 is 16.8 Å². The van der Waals surface area contributed by atoms with Gasteiger partial charge in [-0.05, 0) is 42.5 Å². The van der Waals surface area contributed by atoms with E-state index >= 15 is 0 Å². The number of nitrogens with zero attached hydrogens (tertiary/aromatic N) is 3. The summed E-state index contributed by atoms with van der Waals surface area (Å²) < 4.78 is 14.4. The van der Waals surface area contributed by atoms with E-state index in [0.717, 1.165) is 10.2 Å². The largest absolute Gasteiger partial charge is 0.294 e. The number of benzene rings is 1. The van der Waals surface area contributed by atoms with Gasteiger partial charge in [0.25, 0.3) is 11.1 Å². The summed E-state index contributed by atoms with van der Waals surface area (Å²) in [6, 6.07) is 7.37. The molecular formula is C21H16FN5O3. The van der Waals surface area contributed by atoms with E-state index in [1.165, 1.54) is 24.4 Å². The molecule has 30 heavy (non-hydrogen) atoms. The highest BCUT2D eigenvalue weighted by Crippen LogP contribution is 2.34. The molecule has 5 rings (SSSR count). The van der Waals surface area contributed by atoms with Crippen molar-refractivity contribution in [2.75, 3.05) is 0 Å². The summed E-state index contributed by atoms with van der Waals surface area (Å²) >= 11 is 0. The van der Waals surface area contributed by atoms with Gasteiger partial charge < -0.3 is 0 Å². The molecule has 0 bridgehead atoms. The number of pyridine rings is 1. The number of carbonyl (C=O) groups excluding carboxylic acids is 1. The summed E-state index contributed by atoms with van der Waals surface area (Å²) in [6.45, 7) is 1.65. The maximum atomic E-state index is 13.3. The van der Waals surface area contributed by atoms with Crippen molar-refractivity contribution in [2.24, 2.45) is 0 Å². The second kappa shape index (κ2) is 6.58. The Labute approximate surface area is 168 Å². The first-order chi connectivity index (χ1) is 14.4. The Balaban J connectivity index is 1.68. The maximum absolute atomic E-state index is 13.3. The molecule has 8 nitrogen and oxygen atoms in total. The molecule has 1 unspecified atom stereocenters. The van der Waals surface area contributed by atoms with E-state index in [0.29, 0.717) is 28.9 Å². The number of halogens is 1. The van der Waals surface area contributed by atoms with Crippen molar-refractivity contribution in [3.05, 3.63) is 85.4 Å². The van der Waals surface area contributed by atoms with Crippen LogP contribution < -0.4 is 11.1 Å². The lowest BCUT2D eigenvalue weighted by atomic mass is 9.79. The fraction of sp³-hybridized carbons (Fsp3) is 0.190. The quantitative estimate of drug-likeness (QED) is 0.531. The summed E-state index contributed by atoms with van der Waals surface area (Å²) in [7, 11) is 0. The smallest absolute Gasteiger partial charge is 0.283 e. The van der Waals surface area contributed by atoms with Crippen LogP contribution in [0.2, 0.25) is 0 Å². The molecule has 0 spiro atoms. The molecule has 0 aliphatic heterocycles. The highest BCUT2D eigenvalue weighted by molar-refractivity contribution is 6.02. The summed E-state index contributed by atoms with van der Waals surface area (Å²) in [4.78, 5) is 48.7. The number of rotatable bonds is 2. The topological polar surface area (TPSA) is 113 Å². The van der Waals surface area contributed by atoms with Crippen LogP contribution in [0, 0.1) is 12.7 Å². The molecular weight excluding hydrogens is 389 g/mol. The van der Waals surface area contributed by atoms with Gasteiger partial charge in [0.05, 0.1) is 5.39 Å². The molecule has 0 saturated heterocycles. The van der Waals surface area contributed by atoms with Gasteiger partial charge in [0.1, 0.15) is 5.82 Å². The number of hydrogen-bond acceptors (Lipinski definition) is 5. The standard InChI is InChI=1S/C21H16FN5O3/c1-10-6-17(29)25-21(24-10)27-20(30)18-14-7-12(11-2-4-13(22)5-3-11)8-16(28)15(14)9-23-19(18)26-27/h2-6,9,12H,7-8H2,1H3,(H,23,26)(H,24,25,29). The molecule has 1 atom stereocenters. The fourth-order valence-corrected chi connectivity index (χ4v) is 4.03. The van der Waals surface area contributed by atoms with Crippen LogP contribution in [0.15, 0.2) is 46.1 Å². The third-order valence-corrected chi connectivity index (χ3v) is 5.41. The second-order valence-corrected chi connectivity index (χ2v) is 7.42. The number of fused-ring (bicyclic) bond motifs is 3. The number of nitrogens with one attached hydrogen (secondary N) is 2. The Morgan fingerprint density at radius 2 is 1.90 bits per heavy atom. The number of aryl methyl sites for hydroxylation is 1. The number of hydrogen-bond donors (Lipinski definition) is 2. The Bertz CT molecular complexity index is 1430. The Hall–Kier alpha value is -3.88. The van der Waals surface area contributed by atoms with Crippen LogP contribution >= 0.6 is 0 Å². The van der Waals surface area contributed by atoms with Gasteiger partial charge >= 0.3 is 0 Å². The normalized spacial score (nSPS) is 16.1. The van der Waals surface area contributed by atoms with Gasteiger partial charge in [-0.3, -0.25) is 24.5 Å². The molecule has 0 fully saturated rings. The van der Waals surface area contributed by atoms with Crippen LogP contribution in [-0.4, -0.2) is 30.5 Å². The van der Waals surface area contributed by atoms with Crippen molar-refractivity contribution in [3.63, 3.8) is 0 Å². The lowest BCUT2D eigenvalue weighted by Gasteiger charge is -2.24. The Morgan fingerprint density at radius 1 is 1.13 bits per heavy atom. The van der Waals surface area contributed by atoms with E-state index in [1.807, 2.05) is 0 Å². The number of H-pyrrole nitrogens is 2. The highest BCUT2D eigenvalue weighted by atomic mass is 19.1. The minimum atomic E-state index is -0.448. The van der Waals surface area contributed by atoms with Crippen LogP contribution in [0.1, 0.15) is 39.5 Å². The van der Waals surface area contributed by atoms with E-state index < -0.39 is 5.56 Å². The summed E-state index contributed by atoms with van der Waals surface area (Å²) in [5, 5.41) is 3.15. The lowest BCUT2D eigenvalue weighted by Crippen LogP contribution is -2.24. The predicted octanol–water partition coefficient (Wildman–Crippen LogP) is 2.16. The predicted molar refractivity (Wildman–Crippen MR) is 107 cm³/mol. The molecule has 3 aromatic heterocycles. The van der Waals surface area contributed by atoms with Gasteiger partial charge in [-0.1, -0.05) is 12.1 Å². The lowest BCUT2D eigenvalue weighted by molar-refractivity contribution is 0.0964. The van der Waals surface area contributed by atoms with Crippen molar-refractivity contribution in [3.8, 4) is 5.95 Å². The van der Waals surface area contributed by atoms with Crippen LogP contribution in [0.5, 0.6) is 0 Å². The SMILES string of the molecule is Cc1cc(=O)[nH]c(-n2[nH]c3ncc4c(c3c2=O)CC(c2ccc(F)cc2)CC4=O)n1. The molecule has 0 radical (unpaired) electrons. The van der Waals surface area contributed by atoms with Crippen molar-refractivity contribution in [1.29, 1.82) is 0 Å². The van der Waals surface area contributed by atoms with E-state index in [4.69, 9.17) is 0 Å². The minimum absolute atomic E-state index is 0.0500. The molecule has 2 N–H and O–H groups in total. The van der Waals surface area contributed by atoms with Crippen LogP contribution in [0.3, 0.4) is 0 Å². The Morgan fingerprint density at radius 3 is 2.63 bits per heavy atom. The number of aromatic nitrogens is 5. The molecule has 4 aromatic rings. The Kier molecular flexibility index (Phi) is 3.99. The molecule has 0 amide bonds. The number of carbonyl (C=O) groups is 1. The van der Waals surface area contributed by atoms with Gasteiger partial charge in [-0.2, -0.15) is 4.68 Å². The van der Waals surface area contributed by atoms with Crippen molar-refractivity contribution in [2.45, 2.75) is 25.7 Å².